The highest BCUT2D eigenvalue weighted by atomic mass is 16.6. The Hall–Kier alpha value is -1.44. The lowest BCUT2D eigenvalue weighted by molar-refractivity contribution is -0.105. The first kappa shape index (κ1) is 13.6. The summed E-state index contributed by atoms with van der Waals surface area (Å²) in [7, 11) is 1.77. The second-order valence-corrected chi connectivity index (χ2v) is 3.65. The number of rotatable bonds is 8. The van der Waals surface area contributed by atoms with Gasteiger partial charge >= 0.3 is 0 Å². The third kappa shape index (κ3) is 3.81. The predicted octanol–water partition coefficient (Wildman–Crippen LogP) is 0.267. The van der Waals surface area contributed by atoms with Gasteiger partial charge in [0.05, 0.1) is 12.9 Å². The molecule has 0 aliphatic rings. The number of nitrogens with two attached hydrogens (primary N) is 1. The maximum atomic E-state index is 10.5. The molecule has 1 rings (SSSR count). The Morgan fingerprint density at radius 3 is 3.12 bits per heavy atom. The molecule has 4 N–H and O–H groups in total. The van der Waals surface area contributed by atoms with Crippen molar-refractivity contribution in [1.82, 2.24) is 15.0 Å². The van der Waals surface area contributed by atoms with Gasteiger partial charge in [-0.1, -0.05) is 13.3 Å². The van der Waals surface area contributed by atoms with Crippen molar-refractivity contribution in [3.05, 3.63) is 12.0 Å². The number of carbonyl (C=O) groups excluding carboxylic acids is 1. The first-order valence-electron chi connectivity index (χ1n) is 5.55. The first-order chi connectivity index (χ1) is 8.20. The van der Waals surface area contributed by atoms with E-state index in [-0.39, 0.29) is 0 Å². The van der Waals surface area contributed by atoms with E-state index >= 15 is 0 Å². The van der Waals surface area contributed by atoms with E-state index < -0.39 is 6.17 Å². The van der Waals surface area contributed by atoms with Crippen LogP contribution in [0.25, 0.3) is 0 Å². The molecule has 0 aliphatic carbocycles. The average Bonchev–Trinajstić information content (AvgIpc) is 2.67. The van der Waals surface area contributed by atoms with E-state index in [0.29, 0.717) is 24.5 Å². The molecule has 1 unspecified atom stereocenters. The molecule has 1 aromatic rings. The summed E-state index contributed by atoms with van der Waals surface area (Å²) in [6, 6.07) is 0. The van der Waals surface area contributed by atoms with Gasteiger partial charge in [-0.3, -0.25) is 9.63 Å². The molecule has 7 heteroatoms. The second-order valence-electron chi connectivity index (χ2n) is 3.65. The van der Waals surface area contributed by atoms with Crippen LogP contribution in [0.3, 0.4) is 0 Å². The normalized spacial score (nSPS) is 12.4. The van der Waals surface area contributed by atoms with Crippen LogP contribution in [0, 0.1) is 0 Å². The molecule has 7 nitrogen and oxygen atoms in total. The molecule has 1 heterocycles. The van der Waals surface area contributed by atoms with Gasteiger partial charge in [0.1, 0.15) is 17.7 Å². The number of carbonyl (C=O) groups is 1. The topological polar surface area (TPSA) is 94.2 Å². The van der Waals surface area contributed by atoms with Gasteiger partial charge in [0.25, 0.3) is 0 Å². The highest BCUT2D eigenvalue weighted by molar-refractivity contribution is 5.70. The standard InChI is InChI=1S/C10H19N5O2/c1-3-4-5-17-14-9(11)8-10(13-7-16)15(2)6-12-8/h6-7,9,14H,3-5,11H2,1-2H3,(H,13,16). The van der Waals surface area contributed by atoms with E-state index in [0.717, 1.165) is 12.8 Å². The fraction of sp³-hybridized carbons (Fsp3) is 0.600. The van der Waals surface area contributed by atoms with E-state index in [9.17, 15) is 4.79 Å². The van der Waals surface area contributed by atoms with Gasteiger partial charge < -0.3 is 15.6 Å². The van der Waals surface area contributed by atoms with Gasteiger partial charge in [0.15, 0.2) is 0 Å². The molecule has 0 spiro atoms. The number of hydrogen-bond acceptors (Lipinski definition) is 5. The summed E-state index contributed by atoms with van der Waals surface area (Å²) in [6.45, 7) is 2.67. The number of unbranched alkanes of at least 4 members (excludes halogenated alkanes) is 1. The largest absolute Gasteiger partial charge is 0.320 e. The summed E-state index contributed by atoms with van der Waals surface area (Å²) in [5.74, 6) is 0.555. The third-order valence-electron chi connectivity index (χ3n) is 2.27. The lowest BCUT2D eigenvalue weighted by atomic mass is 10.3. The number of nitrogens with zero attached hydrogens (tertiary/aromatic N) is 2. The van der Waals surface area contributed by atoms with Gasteiger partial charge in [-0.2, -0.15) is 5.48 Å². The molecule has 0 saturated carbocycles. The lowest BCUT2D eigenvalue weighted by Crippen LogP contribution is -2.30. The number of aromatic nitrogens is 2. The first-order valence-corrected chi connectivity index (χ1v) is 5.55. The van der Waals surface area contributed by atoms with E-state index in [4.69, 9.17) is 10.6 Å². The maximum Gasteiger partial charge on any atom is 0.212 e. The minimum atomic E-state index is -0.574. The summed E-state index contributed by atoms with van der Waals surface area (Å²) >= 11 is 0. The Morgan fingerprint density at radius 1 is 1.71 bits per heavy atom. The number of hydrogen-bond donors (Lipinski definition) is 3. The molecule has 0 radical (unpaired) electrons. The number of anilines is 1. The van der Waals surface area contributed by atoms with Crippen LogP contribution in [-0.2, 0) is 16.7 Å². The van der Waals surface area contributed by atoms with Gasteiger partial charge in [-0.05, 0) is 6.42 Å². The molecule has 0 aliphatic heterocycles. The van der Waals surface area contributed by atoms with Crippen molar-refractivity contribution in [2.75, 3.05) is 11.9 Å². The van der Waals surface area contributed by atoms with Crippen molar-refractivity contribution >= 4 is 12.2 Å². The molecular weight excluding hydrogens is 222 g/mol. The smallest absolute Gasteiger partial charge is 0.212 e. The SMILES string of the molecule is CCCCONC(N)c1ncn(C)c1NC=O. The van der Waals surface area contributed by atoms with Gasteiger partial charge in [-0.25, -0.2) is 4.98 Å². The minimum Gasteiger partial charge on any atom is -0.320 e. The summed E-state index contributed by atoms with van der Waals surface area (Å²) in [5, 5.41) is 2.55. The summed E-state index contributed by atoms with van der Waals surface area (Å²) in [6.07, 6.45) is 3.61. The van der Waals surface area contributed by atoms with Crippen LogP contribution in [0.4, 0.5) is 5.82 Å². The lowest BCUT2D eigenvalue weighted by Gasteiger charge is -2.13. The molecule has 1 amide bonds. The Labute approximate surface area is 100 Å². The molecule has 0 aromatic carbocycles. The number of hydroxylamine groups is 1. The molecule has 1 atom stereocenters. The van der Waals surface area contributed by atoms with Crippen molar-refractivity contribution in [2.45, 2.75) is 25.9 Å². The number of aryl methyl sites for hydroxylation is 1. The molecule has 17 heavy (non-hydrogen) atoms. The number of imidazole rings is 1. The van der Waals surface area contributed by atoms with E-state index in [1.165, 1.54) is 0 Å². The zero-order valence-electron chi connectivity index (χ0n) is 10.1. The Bertz CT molecular complexity index is 352. The molecule has 1 aromatic heterocycles. The van der Waals surface area contributed by atoms with Crippen molar-refractivity contribution in [1.29, 1.82) is 0 Å². The molecule has 0 bridgehead atoms. The molecule has 0 saturated heterocycles. The van der Waals surface area contributed by atoms with Crippen molar-refractivity contribution in [3.8, 4) is 0 Å². The van der Waals surface area contributed by atoms with Crippen molar-refractivity contribution < 1.29 is 9.63 Å². The van der Waals surface area contributed by atoms with E-state index in [2.05, 4.69) is 22.7 Å². The molecule has 0 fully saturated rings. The second kappa shape index (κ2) is 7.00. The van der Waals surface area contributed by atoms with Crippen molar-refractivity contribution in [3.63, 3.8) is 0 Å². The molecular formula is C10H19N5O2. The average molecular weight is 241 g/mol. The zero-order chi connectivity index (χ0) is 12.7. The van der Waals surface area contributed by atoms with Crippen molar-refractivity contribution in [2.24, 2.45) is 12.8 Å². The Kier molecular flexibility index (Phi) is 5.61. The quantitative estimate of drug-likeness (QED) is 0.263. The van der Waals surface area contributed by atoms with Gasteiger partial charge in [0, 0.05) is 7.05 Å². The van der Waals surface area contributed by atoms with Crippen LogP contribution in [-0.4, -0.2) is 22.6 Å². The highest BCUT2D eigenvalue weighted by Crippen LogP contribution is 2.16. The van der Waals surface area contributed by atoms with Crippen LogP contribution in [0.2, 0.25) is 0 Å². The Morgan fingerprint density at radius 2 is 2.47 bits per heavy atom. The fourth-order valence-electron chi connectivity index (χ4n) is 1.33. The fourth-order valence-corrected chi connectivity index (χ4v) is 1.33. The van der Waals surface area contributed by atoms with Crippen LogP contribution in [0.15, 0.2) is 6.33 Å². The van der Waals surface area contributed by atoms with Crippen LogP contribution >= 0.6 is 0 Å². The van der Waals surface area contributed by atoms with Crippen LogP contribution < -0.4 is 16.5 Å². The molecule has 96 valence electrons. The Balaban J connectivity index is 2.55. The monoisotopic (exact) mass is 241 g/mol. The highest BCUT2D eigenvalue weighted by Gasteiger charge is 2.15. The van der Waals surface area contributed by atoms with Gasteiger partial charge in [0.2, 0.25) is 6.41 Å². The van der Waals surface area contributed by atoms with Gasteiger partial charge in [-0.15, -0.1) is 0 Å². The number of amides is 1. The summed E-state index contributed by atoms with van der Waals surface area (Å²) in [4.78, 5) is 19.8. The van der Waals surface area contributed by atoms with Crippen LogP contribution in [0.5, 0.6) is 0 Å². The minimum absolute atomic E-state index is 0.538. The zero-order valence-corrected chi connectivity index (χ0v) is 10.1. The van der Waals surface area contributed by atoms with E-state index in [1.807, 2.05) is 0 Å². The van der Waals surface area contributed by atoms with Crippen LogP contribution in [0.1, 0.15) is 31.6 Å². The summed E-state index contributed by atoms with van der Waals surface area (Å²) < 4.78 is 1.68. The number of nitrogens with one attached hydrogen (secondary N) is 2. The summed E-state index contributed by atoms with van der Waals surface area (Å²) in [5.41, 5.74) is 9.08. The predicted molar refractivity (Wildman–Crippen MR) is 63.8 cm³/mol. The van der Waals surface area contributed by atoms with E-state index in [1.54, 1.807) is 17.9 Å². The maximum absolute atomic E-state index is 10.5. The third-order valence-corrected chi connectivity index (χ3v) is 2.27.